The van der Waals surface area contributed by atoms with Gasteiger partial charge in [-0.3, -0.25) is 14.5 Å². The van der Waals surface area contributed by atoms with Gasteiger partial charge < -0.3 is 10.1 Å². The SMILES string of the molecule is Cc1cc(SCC(=O)OCC(=O)N2CCNC2=O)c(C)cc1Br. The monoisotopic (exact) mass is 400 g/mol. The van der Waals surface area contributed by atoms with E-state index in [1.165, 1.54) is 11.8 Å². The van der Waals surface area contributed by atoms with Gasteiger partial charge >= 0.3 is 12.0 Å². The third-order valence-corrected chi connectivity index (χ3v) is 5.30. The summed E-state index contributed by atoms with van der Waals surface area (Å²) in [5.74, 6) is -0.876. The van der Waals surface area contributed by atoms with Crippen LogP contribution in [0, 0.1) is 13.8 Å². The standard InChI is InChI=1S/C15H17BrN2O4S/c1-9-6-12(10(2)5-11(9)16)23-8-14(20)22-7-13(19)18-4-3-17-15(18)21/h5-6H,3-4,7-8H2,1-2H3,(H,17,21). The topological polar surface area (TPSA) is 75.7 Å². The van der Waals surface area contributed by atoms with Gasteiger partial charge in [-0.25, -0.2) is 4.79 Å². The molecule has 0 atom stereocenters. The maximum atomic E-state index is 11.8. The molecule has 1 heterocycles. The summed E-state index contributed by atoms with van der Waals surface area (Å²) in [7, 11) is 0. The average Bonchev–Trinajstić information content (AvgIpc) is 2.93. The van der Waals surface area contributed by atoms with Crippen LogP contribution in [0.2, 0.25) is 0 Å². The van der Waals surface area contributed by atoms with Gasteiger partial charge in [0.15, 0.2) is 6.61 Å². The van der Waals surface area contributed by atoms with E-state index in [1.54, 1.807) is 0 Å². The number of hydrogen-bond donors (Lipinski definition) is 1. The van der Waals surface area contributed by atoms with Crippen LogP contribution in [0.1, 0.15) is 11.1 Å². The average molecular weight is 401 g/mol. The van der Waals surface area contributed by atoms with Crippen LogP contribution < -0.4 is 5.32 Å². The number of amides is 3. The van der Waals surface area contributed by atoms with Gasteiger partial charge in [-0.2, -0.15) is 0 Å². The number of benzene rings is 1. The smallest absolute Gasteiger partial charge is 0.324 e. The first kappa shape index (κ1) is 17.8. The summed E-state index contributed by atoms with van der Waals surface area (Å²) in [4.78, 5) is 36.9. The number of aryl methyl sites for hydroxylation is 2. The molecule has 1 fully saturated rings. The highest BCUT2D eigenvalue weighted by Gasteiger charge is 2.26. The lowest BCUT2D eigenvalue weighted by molar-refractivity contribution is -0.148. The third kappa shape index (κ3) is 4.71. The van der Waals surface area contributed by atoms with Crippen molar-refractivity contribution in [3.8, 4) is 0 Å². The summed E-state index contributed by atoms with van der Waals surface area (Å²) in [5.41, 5.74) is 2.15. The lowest BCUT2D eigenvalue weighted by Gasteiger charge is -2.12. The Hall–Kier alpha value is -1.54. The Balaban J connectivity index is 1.80. The van der Waals surface area contributed by atoms with E-state index in [0.717, 1.165) is 25.4 Å². The fourth-order valence-corrected chi connectivity index (χ4v) is 3.38. The molecule has 1 saturated heterocycles. The number of nitrogens with zero attached hydrogens (tertiary/aromatic N) is 1. The van der Waals surface area contributed by atoms with Gasteiger partial charge in [0.25, 0.3) is 5.91 Å². The summed E-state index contributed by atoms with van der Waals surface area (Å²) in [6, 6.07) is 3.55. The molecule has 1 aromatic carbocycles. The number of esters is 1. The van der Waals surface area contributed by atoms with Gasteiger partial charge in [0.2, 0.25) is 0 Å². The largest absolute Gasteiger partial charge is 0.455 e. The maximum absolute atomic E-state index is 11.8. The molecule has 0 aliphatic carbocycles. The summed E-state index contributed by atoms with van der Waals surface area (Å²) < 4.78 is 5.96. The molecule has 2 rings (SSSR count). The van der Waals surface area contributed by atoms with Gasteiger partial charge in [-0.15, -0.1) is 11.8 Å². The number of hydrogen-bond acceptors (Lipinski definition) is 5. The maximum Gasteiger partial charge on any atom is 0.324 e. The van der Waals surface area contributed by atoms with Crippen molar-refractivity contribution in [1.82, 2.24) is 10.2 Å². The predicted octanol–water partition coefficient (Wildman–Crippen LogP) is 2.25. The van der Waals surface area contributed by atoms with Gasteiger partial charge in [0.1, 0.15) is 0 Å². The molecule has 0 spiro atoms. The van der Waals surface area contributed by atoms with Crippen molar-refractivity contribution in [2.75, 3.05) is 25.4 Å². The quantitative estimate of drug-likeness (QED) is 0.605. The van der Waals surface area contributed by atoms with E-state index in [9.17, 15) is 14.4 Å². The lowest BCUT2D eigenvalue weighted by atomic mass is 10.2. The molecular formula is C15H17BrN2O4S. The van der Waals surface area contributed by atoms with Crippen LogP contribution in [-0.2, 0) is 14.3 Å². The third-order valence-electron chi connectivity index (χ3n) is 3.32. The van der Waals surface area contributed by atoms with Gasteiger partial charge in [0.05, 0.1) is 5.75 Å². The molecular weight excluding hydrogens is 384 g/mol. The van der Waals surface area contributed by atoms with Crippen molar-refractivity contribution in [2.45, 2.75) is 18.7 Å². The molecule has 1 N–H and O–H groups in total. The minimum absolute atomic E-state index is 0.112. The molecule has 0 unspecified atom stereocenters. The molecule has 6 nitrogen and oxygen atoms in total. The van der Waals surface area contributed by atoms with Crippen LogP contribution in [0.5, 0.6) is 0 Å². The molecule has 1 aromatic rings. The van der Waals surface area contributed by atoms with E-state index < -0.39 is 24.5 Å². The Morgan fingerprint density at radius 3 is 2.74 bits per heavy atom. The Kier molecular flexibility index (Phi) is 6.06. The van der Waals surface area contributed by atoms with Crippen LogP contribution in [0.4, 0.5) is 4.79 Å². The summed E-state index contributed by atoms with van der Waals surface area (Å²) in [6.07, 6.45) is 0. The lowest BCUT2D eigenvalue weighted by Crippen LogP contribution is -2.37. The Bertz CT molecular complexity index is 651. The second-order valence-corrected chi connectivity index (χ2v) is 6.97. The number of ether oxygens (including phenoxy) is 1. The number of rotatable bonds is 5. The molecule has 1 aliphatic heterocycles. The van der Waals surface area contributed by atoms with Crippen molar-refractivity contribution in [1.29, 1.82) is 0 Å². The fourth-order valence-electron chi connectivity index (χ4n) is 2.02. The van der Waals surface area contributed by atoms with Crippen LogP contribution in [0.25, 0.3) is 0 Å². The zero-order valence-electron chi connectivity index (χ0n) is 12.8. The Morgan fingerprint density at radius 2 is 2.09 bits per heavy atom. The van der Waals surface area contributed by atoms with Crippen molar-refractivity contribution in [3.63, 3.8) is 0 Å². The first-order valence-corrected chi connectivity index (χ1v) is 8.79. The number of urea groups is 1. The van der Waals surface area contributed by atoms with Crippen molar-refractivity contribution >= 4 is 45.6 Å². The van der Waals surface area contributed by atoms with Crippen molar-refractivity contribution < 1.29 is 19.1 Å². The molecule has 0 aromatic heterocycles. The fraction of sp³-hybridized carbons (Fsp3) is 0.400. The van der Waals surface area contributed by atoms with Crippen LogP contribution in [0.15, 0.2) is 21.5 Å². The van der Waals surface area contributed by atoms with Crippen molar-refractivity contribution in [3.05, 3.63) is 27.7 Å². The predicted molar refractivity (Wildman–Crippen MR) is 90.4 cm³/mol. The van der Waals surface area contributed by atoms with E-state index in [1.807, 2.05) is 26.0 Å². The number of nitrogens with one attached hydrogen (secondary N) is 1. The first-order valence-electron chi connectivity index (χ1n) is 7.02. The molecule has 0 saturated carbocycles. The number of halogens is 1. The Labute approximate surface area is 147 Å². The first-order chi connectivity index (χ1) is 10.9. The molecule has 23 heavy (non-hydrogen) atoms. The number of imide groups is 1. The zero-order valence-corrected chi connectivity index (χ0v) is 15.3. The molecule has 0 bridgehead atoms. The van der Waals surface area contributed by atoms with Gasteiger partial charge in [-0.05, 0) is 37.1 Å². The molecule has 0 radical (unpaired) electrons. The normalized spacial score (nSPS) is 13.9. The highest BCUT2D eigenvalue weighted by molar-refractivity contribution is 9.10. The number of carbonyl (C=O) groups is 3. The van der Waals surface area contributed by atoms with E-state index in [0.29, 0.717) is 13.1 Å². The minimum atomic E-state index is -0.506. The van der Waals surface area contributed by atoms with Gasteiger partial charge in [0, 0.05) is 22.5 Å². The molecule has 1 aliphatic rings. The van der Waals surface area contributed by atoms with Crippen LogP contribution >= 0.6 is 27.7 Å². The van der Waals surface area contributed by atoms with Crippen LogP contribution in [0.3, 0.4) is 0 Å². The number of thioether (sulfide) groups is 1. The molecule has 8 heteroatoms. The zero-order chi connectivity index (χ0) is 17.0. The second-order valence-electron chi connectivity index (χ2n) is 5.09. The molecule has 124 valence electrons. The summed E-state index contributed by atoms with van der Waals surface area (Å²) in [6.45, 7) is 4.27. The molecule has 3 amide bonds. The van der Waals surface area contributed by atoms with E-state index in [-0.39, 0.29) is 5.75 Å². The van der Waals surface area contributed by atoms with E-state index in [4.69, 9.17) is 4.74 Å². The minimum Gasteiger partial charge on any atom is -0.455 e. The number of carbonyl (C=O) groups excluding carboxylic acids is 3. The van der Waals surface area contributed by atoms with E-state index in [2.05, 4.69) is 21.2 Å². The van der Waals surface area contributed by atoms with Crippen LogP contribution in [-0.4, -0.2) is 48.3 Å². The highest BCUT2D eigenvalue weighted by atomic mass is 79.9. The highest BCUT2D eigenvalue weighted by Crippen LogP contribution is 2.28. The van der Waals surface area contributed by atoms with Gasteiger partial charge in [-0.1, -0.05) is 15.9 Å². The van der Waals surface area contributed by atoms with Crippen molar-refractivity contribution in [2.24, 2.45) is 0 Å². The second kappa shape index (κ2) is 7.83. The Morgan fingerprint density at radius 1 is 1.35 bits per heavy atom. The van der Waals surface area contributed by atoms with E-state index >= 15 is 0 Å². The summed E-state index contributed by atoms with van der Waals surface area (Å²) >= 11 is 4.83. The summed E-state index contributed by atoms with van der Waals surface area (Å²) in [5, 5.41) is 2.52.